The average molecular weight is 440 g/mol. The summed E-state index contributed by atoms with van der Waals surface area (Å²) in [7, 11) is 0. The van der Waals surface area contributed by atoms with Crippen LogP contribution in [0.2, 0.25) is 0 Å². The van der Waals surface area contributed by atoms with Crippen LogP contribution in [-0.4, -0.2) is 37.2 Å². The summed E-state index contributed by atoms with van der Waals surface area (Å²) in [5.74, 6) is 1.69. The van der Waals surface area contributed by atoms with Crippen molar-refractivity contribution in [2.45, 2.75) is 13.3 Å². The Hall–Kier alpha value is -1.83. The van der Waals surface area contributed by atoms with E-state index in [0.29, 0.717) is 19.7 Å². The number of benzene rings is 1. The second-order valence-electron chi connectivity index (χ2n) is 4.92. The second-order valence-corrected chi connectivity index (χ2v) is 4.92. The first-order chi connectivity index (χ1) is 11.4. The van der Waals surface area contributed by atoms with Crippen molar-refractivity contribution in [1.29, 1.82) is 0 Å². The Morgan fingerprint density at radius 3 is 2.58 bits per heavy atom. The van der Waals surface area contributed by atoms with Crippen molar-refractivity contribution in [2.24, 2.45) is 4.99 Å². The summed E-state index contributed by atoms with van der Waals surface area (Å²) in [6.45, 7) is 4.87. The van der Waals surface area contributed by atoms with Crippen LogP contribution in [0.25, 0.3) is 0 Å². The first kappa shape index (κ1) is 20.2. The van der Waals surface area contributed by atoms with E-state index in [9.17, 15) is 0 Å². The highest BCUT2D eigenvalue weighted by Crippen LogP contribution is 2.07. The molecule has 2 aromatic rings. The third-order valence-electron chi connectivity index (χ3n) is 3.11. The molecule has 0 fully saturated rings. The number of guanidine groups is 1. The maximum atomic E-state index is 5.65. The maximum absolute atomic E-state index is 5.65. The Bertz CT molecular complexity index is 578. The van der Waals surface area contributed by atoms with Crippen LogP contribution in [0, 0.1) is 0 Å². The molecule has 0 saturated heterocycles. The monoisotopic (exact) mass is 440 g/mol. The summed E-state index contributed by atoms with van der Waals surface area (Å²) in [5, 5.41) is 6.50. The summed E-state index contributed by atoms with van der Waals surface area (Å²) in [5.41, 5.74) is 1.06. The molecule has 6 heteroatoms. The minimum atomic E-state index is 0. The van der Waals surface area contributed by atoms with Gasteiger partial charge in [-0.15, -0.1) is 24.0 Å². The minimum Gasteiger partial charge on any atom is -0.492 e. The first-order valence-corrected chi connectivity index (χ1v) is 7.98. The fourth-order valence-corrected chi connectivity index (χ4v) is 2.03. The molecule has 5 nitrogen and oxygen atoms in total. The summed E-state index contributed by atoms with van der Waals surface area (Å²) < 4.78 is 5.65. The smallest absolute Gasteiger partial charge is 0.191 e. The van der Waals surface area contributed by atoms with Gasteiger partial charge in [0.2, 0.25) is 0 Å². The van der Waals surface area contributed by atoms with E-state index in [-0.39, 0.29) is 24.0 Å². The molecule has 1 heterocycles. The maximum Gasteiger partial charge on any atom is 0.191 e. The van der Waals surface area contributed by atoms with Gasteiger partial charge in [0.15, 0.2) is 5.96 Å². The first-order valence-electron chi connectivity index (χ1n) is 7.98. The van der Waals surface area contributed by atoms with Crippen molar-refractivity contribution in [3.05, 3.63) is 60.4 Å². The van der Waals surface area contributed by atoms with Crippen molar-refractivity contribution in [2.75, 3.05) is 26.2 Å². The Morgan fingerprint density at radius 1 is 1.08 bits per heavy atom. The lowest BCUT2D eigenvalue weighted by atomic mass is 10.3. The van der Waals surface area contributed by atoms with E-state index in [1.54, 1.807) is 0 Å². The Balaban J connectivity index is 0.00000288. The molecule has 0 aliphatic rings. The minimum absolute atomic E-state index is 0. The van der Waals surface area contributed by atoms with Gasteiger partial charge in [-0.2, -0.15) is 0 Å². The highest BCUT2D eigenvalue weighted by Gasteiger charge is 1.98. The van der Waals surface area contributed by atoms with Gasteiger partial charge >= 0.3 is 0 Å². The van der Waals surface area contributed by atoms with Gasteiger partial charge in [-0.3, -0.25) is 9.98 Å². The van der Waals surface area contributed by atoms with Gasteiger partial charge in [-0.1, -0.05) is 24.3 Å². The lowest BCUT2D eigenvalue weighted by Gasteiger charge is -2.12. The van der Waals surface area contributed by atoms with Gasteiger partial charge in [0.25, 0.3) is 0 Å². The highest BCUT2D eigenvalue weighted by atomic mass is 127. The fraction of sp³-hybridized carbons (Fsp3) is 0.333. The van der Waals surface area contributed by atoms with Gasteiger partial charge in [0, 0.05) is 31.4 Å². The van der Waals surface area contributed by atoms with Crippen LogP contribution in [0.3, 0.4) is 0 Å². The van der Waals surface area contributed by atoms with Crippen molar-refractivity contribution >= 4 is 29.9 Å². The molecule has 0 aliphatic heterocycles. The fourth-order valence-electron chi connectivity index (χ4n) is 2.03. The van der Waals surface area contributed by atoms with Gasteiger partial charge < -0.3 is 15.4 Å². The van der Waals surface area contributed by atoms with Crippen LogP contribution in [-0.2, 0) is 6.42 Å². The SMILES string of the molecule is CCNC(=NCCc1ccccn1)NCCOc1ccccc1.I. The highest BCUT2D eigenvalue weighted by molar-refractivity contribution is 14.0. The van der Waals surface area contributed by atoms with Gasteiger partial charge in [-0.05, 0) is 31.2 Å². The zero-order valence-electron chi connectivity index (χ0n) is 13.9. The third kappa shape index (κ3) is 8.14. The summed E-state index contributed by atoms with van der Waals surface area (Å²) in [4.78, 5) is 8.85. The van der Waals surface area contributed by atoms with Crippen LogP contribution >= 0.6 is 24.0 Å². The van der Waals surface area contributed by atoms with E-state index in [4.69, 9.17) is 4.74 Å². The van der Waals surface area contributed by atoms with Crippen LogP contribution in [0.1, 0.15) is 12.6 Å². The number of ether oxygens (including phenoxy) is 1. The number of nitrogens with one attached hydrogen (secondary N) is 2. The van der Waals surface area contributed by atoms with Crippen molar-refractivity contribution < 1.29 is 4.74 Å². The number of halogens is 1. The number of hydrogen-bond donors (Lipinski definition) is 2. The van der Waals surface area contributed by atoms with E-state index < -0.39 is 0 Å². The van der Waals surface area contributed by atoms with Crippen molar-refractivity contribution in [1.82, 2.24) is 15.6 Å². The van der Waals surface area contributed by atoms with E-state index in [1.165, 1.54) is 0 Å². The van der Waals surface area contributed by atoms with Gasteiger partial charge in [0.1, 0.15) is 12.4 Å². The van der Waals surface area contributed by atoms with Crippen molar-refractivity contribution in [3.8, 4) is 5.75 Å². The van der Waals surface area contributed by atoms with Crippen LogP contribution in [0.5, 0.6) is 5.75 Å². The summed E-state index contributed by atoms with van der Waals surface area (Å²) in [6, 6.07) is 15.7. The molecule has 2 N–H and O–H groups in total. The molecule has 0 bridgehead atoms. The van der Waals surface area contributed by atoms with Gasteiger partial charge in [-0.25, -0.2) is 0 Å². The summed E-state index contributed by atoms with van der Waals surface area (Å²) in [6.07, 6.45) is 2.64. The second kappa shape index (κ2) is 12.6. The van der Waals surface area contributed by atoms with E-state index >= 15 is 0 Å². The lowest BCUT2D eigenvalue weighted by molar-refractivity contribution is 0.322. The van der Waals surface area contributed by atoms with Crippen LogP contribution < -0.4 is 15.4 Å². The molecule has 0 atom stereocenters. The number of nitrogens with zero attached hydrogens (tertiary/aromatic N) is 2. The molecule has 0 amide bonds. The largest absolute Gasteiger partial charge is 0.492 e. The Labute approximate surface area is 161 Å². The van der Waals surface area contributed by atoms with Crippen LogP contribution in [0.4, 0.5) is 0 Å². The number of hydrogen-bond acceptors (Lipinski definition) is 3. The molecule has 24 heavy (non-hydrogen) atoms. The topological polar surface area (TPSA) is 58.5 Å². The number of rotatable bonds is 8. The molecule has 0 unspecified atom stereocenters. The van der Waals surface area contributed by atoms with E-state index in [1.807, 2.05) is 54.7 Å². The zero-order chi connectivity index (χ0) is 16.2. The number of aromatic nitrogens is 1. The van der Waals surface area contributed by atoms with Crippen molar-refractivity contribution in [3.63, 3.8) is 0 Å². The number of para-hydroxylation sites is 1. The molecule has 1 aromatic carbocycles. The van der Waals surface area contributed by atoms with Gasteiger partial charge in [0.05, 0.1) is 6.54 Å². The molecule has 0 saturated carbocycles. The number of pyridine rings is 1. The molecular weight excluding hydrogens is 415 g/mol. The Kier molecular flexibility index (Phi) is 10.6. The third-order valence-corrected chi connectivity index (χ3v) is 3.11. The molecule has 130 valence electrons. The van der Waals surface area contributed by atoms with E-state index in [0.717, 1.165) is 30.4 Å². The molecular formula is C18H25IN4O. The predicted octanol–water partition coefficient (Wildman–Crippen LogP) is 2.88. The molecule has 0 radical (unpaired) electrons. The van der Waals surface area contributed by atoms with Crippen LogP contribution in [0.15, 0.2) is 59.7 Å². The average Bonchev–Trinajstić information content (AvgIpc) is 2.60. The normalized spacial score (nSPS) is 10.6. The molecule has 0 spiro atoms. The molecule has 1 aromatic heterocycles. The summed E-state index contributed by atoms with van der Waals surface area (Å²) >= 11 is 0. The standard InChI is InChI=1S/C18H24N4O.HI/c1-2-19-18(21-13-11-16-8-6-7-12-20-16)22-14-15-23-17-9-4-3-5-10-17;/h3-10,12H,2,11,13-15H2,1H3,(H2,19,21,22);1H. The molecule has 2 rings (SSSR count). The lowest BCUT2D eigenvalue weighted by Crippen LogP contribution is -2.39. The number of aliphatic imine (C=N–C) groups is 1. The Morgan fingerprint density at radius 2 is 1.88 bits per heavy atom. The molecule has 0 aliphatic carbocycles. The van der Waals surface area contributed by atoms with E-state index in [2.05, 4.69) is 27.5 Å². The zero-order valence-corrected chi connectivity index (χ0v) is 16.3. The predicted molar refractivity (Wildman–Crippen MR) is 109 cm³/mol. The quantitative estimate of drug-likeness (QED) is 0.287.